The molecule has 0 spiro atoms. The maximum Gasteiger partial charge on any atom is 0.306 e. The molecule has 0 fully saturated rings. The van der Waals surface area contributed by atoms with Gasteiger partial charge in [0.15, 0.2) is 0 Å². The van der Waals surface area contributed by atoms with E-state index in [-0.39, 0.29) is 23.2 Å². The Morgan fingerprint density at radius 1 is 0.391 bits per heavy atom. The molecule has 0 aromatic heterocycles. The van der Waals surface area contributed by atoms with Crippen LogP contribution < -0.4 is 0 Å². The van der Waals surface area contributed by atoms with Crippen molar-refractivity contribution >= 4 is 41.8 Å². The summed E-state index contributed by atoms with van der Waals surface area (Å²) < 4.78 is 0. The monoisotopic (exact) mass is 925 g/mol. The minimum atomic E-state index is -0.707. The van der Waals surface area contributed by atoms with Crippen molar-refractivity contribution in [2.24, 2.45) is 39.9 Å². The second-order valence-corrected chi connectivity index (χ2v) is 19.3. The number of carboxylic acid groups (broad SMARTS) is 7. The van der Waals surface area contributed by atoms with Crippen LogP contribution in [0.25, 0.3) is 0 Å². The zero-order valence-electron chi connectivity index (χ0n) is 43.7. The summed E-state index contributed by atoms with van der Waals surface area (Å²) in [5.74, 6) is -3.46. The molecule has 0 saturated carbocycles. The summed E-state index contributed by atoms with van der Waals surface area (Å²) in [6.07, 6.45) is 14.0. The van der Waals surface area contributed by atoms with Gasteiger partial charge in [-0.1, -0.05) is 163 Å². The van der Waals surface area contributed by atoms with Gasteiger partial charge in [0.1, 0.15) is 0 Å². The largest absolute Gasteiger partial charge is 0.481 e. The molecule has 4 atom stereocenters. The normalized spacial score (nSPS) is 12.4. The number of carbonyl (C=O) groups is 7. The molecule has 14 nitrogen and oxygen atoms in total. The molecule has 0 bridgehead atoms. The van der Waals surface area contributed by atoms with E-state index in [0.717, 1.165) is 83.5 Å². The number of aliphatic carboxylic acids is 7. The van der Waals surface area contributed by atoms with Crippen LogP contribution in [-0.2, 0) is 33.6 Å². The fourth-order valence-electron chi connectivity index (χ4n) is 4.05. The number of hydrogen-bond donors (Lipinski definition) is 7. The van der Waals surface area contributed by atoms with Crippen LogP contribution in [0.15, 0.2) is 0 Å². The van der Waals surface area contributed by atoms with Crippen molar-refractivity contribution in [3.05, 3.63) is 0 Å². The molecule has 4 unspecified atom stereocenters. The minimum Gasteiger partial charge on any atom is -0.481 e. The van der Waals surface area contributed by atoms with Gasteiger partial charge in [-0.3, -0.25) is 33.6 Å². The van der Waals surface area contributed by atoms with Gasteiger partial charge in [-0.15, -0.1) is 0 Å². The summed E-state index contributed by atoms with van der Waals surface area (Å²) in [6, 6.07) is 0. The van der Waals surface area contributed by atoms with Crippen molar-refractivity contribution in [1.82, 2.24) is 0 Å². The molecule has 0 aromatic carbocycles. The summed E-state index contributed by atoms with van der Waals surface area (Å²) in [5.41, 5.74) is 0.472. The third kappa shape index (κ3) is 75.6. The molecule has 0 amide bonds. The highest BCUT2D eigenvalue weighted by atomic mass is 16.4. The fraction of sp³-hybridized carbons (Fsp3) is 0.860. The van der Waals surface area contributed by atoms with E-state index in [1.54, 1.807) is 6.92 Å². The number of hydrogen-bond acceptors (Lipinski definition) is 7. The highest BCUT2D eigenvalue weighted by Gasteiger charge is 2.19. The molecule has 0 aliphatic carbocycles. The van der Waals surface area contributed by atoms with Crippen molar-refractivity contribution < 1.29 is 69.3 Å². The second kappa shape index (κ2) is 45.8. The molecule has 0 radical (unpaired) electrons. The summed E-state index contributed by atoms with van der Waals surface area (Å²) in [7, 11) is 0. The van der Waals surface area contributed by atoms with E-state index in [9.17, 15) is 33.6 Å². The lowest BCUT2D eigenvalue weighted by Gasteiger charge is -2.21. The van der Waals surface area contributed by atoms with Crippen molar-refractivity contribution in [3.63, 3.8) is 0 Å². The van der Waals surface area contributed by atoms with E-state index in [1.165, 1.54) is 0 Å². The molecule has 0 heterocycles. The van der Waals surface area contributed by atoms with E-state index in [1.807, 2.05) is 41.5 Å². The van der Waals surface area contributed by atoms with E-state index in [4.69, 9.17) is 35.7 Å². The van der Waals surface area contributed by atoms with Crippen LogP contribution in [0.1, 0.15) is 240 Å². The van der Waals surface area contributed by atoms with Crippen LogP contribution in [0.3, 0.4) is 0 Å². The van der Waals surface area contributed by atoms with E-state index in [2.05, 4.69) is 69.2 Å². The quantitative estimate of drug-likeness (QED) is 0.0426. The van der Waals surface area contributed by atoms with Crippen molar-refractivity contribution in [2.75, 3.05) is 0 Å². The summed E-state index contributed by atoms with van der Waals surface area (Å²) in [4.78, 5) is 70.5. The van der Waals surface area contributed by atoms with Gasteiger partial charge >= 0.3 is 41.8 Å². The van der Waals surface area contributed by atoms with Crippen LogP contribution in [0.5, 0.6) is 0 Å². The lowest BCUT2D eigenvalue weighted by atomic mass is 9.85. The Hall–Kier alpha value is -3.71. The van der Waals surface area contributed by atoms with Gasteiger partial charge in [0.25, 0.3) is 0 Å². The van der Waals surface area contributed by atoms with Crippen molar-refractivity contribution in [1.29, 1.82) is 0 Å². The van der Waals surface area contributed by atoms with Gasteiger partial charge in [0, 0.05) is 32.1 Å². The van der Waals surface area contributed by atoms with E-state index in [0.29, 0.717) is 55.3 Å². The number of rotatable bonds is 26. The molecule has 14 heteroatoms. The SMILES string of the molecule is CCC(C)(C)CC(=O)O.CCC(C)(C)CCC(=O)O.CCC(C)(C)CCCC(=O)O.CCC(C)C(=O)O.CCC(C)CC(=O)O.CCC(C)CCC(=O)O.CCC(C)CCCC(=O)O. The molecule has 0 aromatic rings. The Bertz CT molecular complexity index is 1190. The topological polar surface area (TPSA) is 261 Å². The molecular formula is C50H100O14. The molecule has 0 rings (SSSR count). The highest BCUT2D eigenvalue weighted by Crippen LogP contribution is 2.27. The van der Waals surface area contributed by atoms with Crippen LogP contribution in [0.2, 0.25) is 0 Å². The van der Waals surface area contributed by atoms with Gasteiger partial charge < -0.3 is 35.7 Å². The average Bonchev–Trinajstić information content (AvgIpc) is 3.19. The first-order chi connectivity index (χ1) is 29.1. The summed E-state index contributed by atoms with van der Waals surface area (Å²) >= 11 is 0. The van der Waals surface area contributed by atoms with Gasteiger partial charge in [0.2, 0.25) is 0 Å². The Balaban J connectivity index is -0.000000119. The Morgan fingerprint density at radius 3 is 1.00 bits per heavy atom. The lowest BCUT2D eigenvalue weighted by Crippen LogP contribution is -2.14. The molecule has 0 saturated heterocycles. The first kappa shape index (κ1) is 74.6. The van der Waals surface area contributed by atoms with Gasteiger partial charge in [-0.25, -0.2) is 0 Å². The lowest BCUT2D eigenvalue weighted by molar-refractivity contribution is -0.141. The highest BCUT2D eigenvalue weighted by molar-refractivity contribution is 5.69. The maximum absolute atomic E-state index is 10.2. The molecule has 64 heavy (non-hydrogen) atoms. The van der Waals surface area contributed by atoms with Crippen LogP contribution >= 0.6 is 0 Å². The maximum atomic E-state index is 10.2. The molecule has 0 aliphatic heterocycles. The Labute approximate surface area is 389 Å². The third-order valence-corrected chi connectivity index (χ3v) is 11.3. The van der Waals surface area contributed by atoms with Crippen LogP contribution in [0.4, 0.5) is 0 Å². The first-order valence-electron chi connectivity index (χ1n) is 23.6. The molecule has 7 N–H and O–H groups in total. The zero-order valence-corrected chi connectivity index (χ0v) is 43.7. The average molecular weight is 925 g/mol. The predicted octanol–water partition coefficient (Wildman–Crippen LogP) is 13.7. The van der Waals surface area contributed by atoms with Gasteiger partial charge in [0.05, 0.1) is 12.3 Å². The zero-order chi connectivity index (χ0) is 52.3. The van der Waals surface area contributed by atoms with E-state index >= 15 is 0 Å². The Kier molecular flexibility index (Phi) is 53.5. The standard InChI is InChI=1S/C9H18O2.2C8H16O2.2C7H14O2.C6H12O2.C5H10O2/c1-4-9(2,3)7-5-6-8(10)11;1-4-8(2,3)6-5-7(9)10;1-3-7(2)5-4-6-8(9)10;1-4-7(2,3)5-6(8)9;1-3-6(2)4-5-7(8)9;1-3-5(2)4-6(7)8;1-3-4(2)5(6)7/h4-7H2,1-3H3,(H,10,11);4-6H2,1-3H3,(H,9,10);7H,3-6H2,1-2H3,(H,9,10);4-5H2,1-3H3,(H,8,9);6H,3-5H2,1-2H3,(H,8,9);5H,3-4H2,1-2H3,(H,7,8);4H,3H2,1-2H3,(H,6,7). The number of carboxylic acids is 7. The Morgan fingerprint density at radius 2 is 0.750 bits per heavy atom. The second-order valence-electron chi connectivity index (χ2n) is 19.3. The van der Waals surface area contributed by atoms with Crippen LogP contribution in [0, 0.1) is 39.9 Å². The molecule has 384 valence electrons. The van der Waals surface area contributed by atoms with Crippen molar-refractivity contribution in [2.45, 2.75) is 240 Å². The predicted molar refractivity (Wildman–Crippen MR) is 259 cm³/mol. The minimum absolute atomic E-state index is 0.0359. The fourth-order valence-corrected chi connectivity index (χ4v) is 4.05. The van der Waals surface area contributed by atoms with Gasteiger partial charge in [-0.05, 0) is 72.5 Å². The summed E-state index contributed by atoms with van der Waals surface area (Å²) in [5, 5.41) is 58.1. The third-order valence-electron chi connectivity index (χ3n) is 11.3. The van der Waals surface area contributed by atoms with E-state index < -0.39 is 41.8 Å². The smallest absolute Gasteiger partial charge is 0.306 e. The van der Waals surface area contributed by atoms with Gasteiger partial charge in [-0.2, -0.15) is 0 Å². The summed E-state index contributed by atoms with van der Waals surface area (Å²) in [6.45, 7) is 34.6. The van der Waals surface area contributed by atoms with Crippen molar-refractivity contribution in [3.8, 4) is 0 Å². The molecule has 0 aliphatic rings. The van der Waals surface area contributed by atoms with Crippen LogP contribution in [-0.4, -0.2) is 77.5 Å². The molecular weight excluding hydrogens is 825 g/mol. The first-order valence-corrected chi connectivity index (χ1v) is 23.6.